The molecule has 4 heteroatoms. The first-order chi connectivity index (χ1) is 9.58. The van der Waals surface area contributed by atoms with Crippen LogP contribution in [0.25, 0.3) is 11.1 Å². The van der Waals surface area contributed by atoms with Gasteiger partial charge in [-0.2, -0.15) is 0 Å². The van der Waals surface area contributed by atoms with Crippen LogP contribution in [0.4, 0.5) is 0 Å². The second kappa shape index (κ2) is 6.86. The molecule has 0 saturated carbocycles. The monoisotopic (exact) mass is 394 g/mol. The molecule has 2 aromatic rings. The van der Waals surface area contributed by atoms with Crippen molar-refractivity contribution in [2.45, 2.75) is 6.42 Å². The molecule has 0 heterocycles. The summed E-state index contributed by atoms with van der Waals surface area (Å²) in [6, 6.07) is 14.0. The van der Waals surface area contributed by atoms with E-state index in [1.165, 1.54) is 6.08 Å². The van der Waals surface area contributed by atoms with Gasteiger partial charge in [-0.25, -0.2) is 4.79 Å². The predicted molar refractivity (Wildman–Crippen MR) is 87.8 cm³/mol. The van der Waals surface area contributed by atoms with Crippen LogP contribution in [0.3, 0.4) is 0 Å². The number of carboxylic acid groups (broad SMARTS) is 1. The Labute approximate surface area is 134 Å². The minimum Gasteiger partial charge on any atom is -0.478 e. The zero-order chi connectivity index (χ0) is 14.5. The molecule has 102 valence electrons. The molecule has 2 rings (SSSR count). The van der Waals surface area contributed by atoms with E-state index in [1.54, 1.807) is 6.08 Å². The SMILES string of the molecule is O=C(O)C=CCc1ccccc1-c1ccc(Br)cc1Br. The number of carboxylic acids is 1. The summed E-state index contributed by atoms with van der Waals surface area (Å²) < 4.78 is 2.01. The lowest BCUT2D eigenvalue weighted by molar-refractivity contribution is -0.131. The number of allylic oxidation sites excluding steroid dienone is 1. The lowest BCUT2D eigenvalue weighted by Crippen LogP contribution is -1.91. The molecular formula is C16H12Br2O2. The van der Waals surface area contributed by atoms with Crippen LogP contribution in [0.15, 0.2) is 63.6 Å². The van der Waals surface area contributed by atoms with E-state index in [2.05, 4.69) is 31.9 Å². The Hall–Kier alpha value is -1.39. The summed E-state index contributed by atoms with van der Waals surface area (Å²) in [4.78, 5) is 10.5. The molecule has 0 spiro atoms. The molecule has 0 atom stereocenters. The number of aliphatic carboxylic acids is 1. The normalized spacial score (nSPS) is 10.9. The summed E-state index contributed by atoms with van der Waals surface area (Å²) in [5.41, 5.74) is 3.28. The molecule has 0 aliphatic heterocycles. The van der Waals surface area contributed by atoms with Gasteiger partial charge in [0.25, 0.3) is 0 Å². The summed E-state index contributed by atoms with van der Waals surface area (Å²) in [7, 11) is 0. The number of hydrogen-bond acceptors (Lipinski definition) is 1. The van der Waals surface area contributed by atoms with Crippen LogP contribution in [0, 0.1) is 0 Å². The second-order valence-corrected chi connectivity index (χ2v) is 6.00. The van der Waals surface area contributed by atoms with Gasteiger partial charge in [0.1, 0.15) is 0 Å². The fraction of sp³-hybridized carbons (Fsp3) is 0.0625. The van der Waals surface area contributed by atoms with Crippen LogP contribution in [-0.2, 0) is 11.2 Å². The Morgan fingerprint density at radius 3 is 2.55 bits per heavy atom. The van der Waals surface area contributed by atoms with E-state index >= 15 is 0 Å². The Morgan fingerprint density at radius 1 is 1.10 bits per heavy atom. The molecule has 0 saturated heterocycles. The first-order valence-electron chi connectivity index (χ1n) is 6.00. The molecule has 2 nitrogen and oxygen atoms in total. The Kier molecular flexibility index (Phi) is 5.15. The van der Waals surface area contributed by atoms with Crippen molar-refractivity contribution >= 4 is 37.8 Å². The molecule has 0 aliphatic carbocycles. The van der Waals surface area contributed by atoms with Gasteiger partial charge >= 0.3 is 5.97 Å². The van der Waals surface area contributed by atoms with Gasteiger partial charge in [0, 0.05) is 15.0 Å². The van der Waals surface area contributed by atoms with E-state index in [4.69, 9.17) is 5.11 Å². The van der Waals surface area contributed by atoms with E-state index in [9.17, 15) is 4.79 Å². The maximum Gasteiger partial charge on any atom is 0.327 e. The van der Waals surface area contributed by atoms with Gasteiger partial charge in [0.2, 0.25) is 0 Å². The first-order valence-corrected chi connectivity index (χ1v) is 7.59. The lowest BCUT2D eigenvalue weighted by atomic mass is 9.97. The van der Waals surface area contributed by atoms with Crippen LogP contribution in [0.1, 0.15) is 5.56 Å². The first kappa shape index (κ1) is 15.0. The van der Waals surface area contributed by atoms with Gasteiger partial charge in [-0.3, -0.25) is 0 Å². The van der Waals surface area contributed by atoms with Gasteiger partial charge in [-0.1, -0.05) is 68.3 Å². The van der Waals surface area contributed by atoms with E-state index in [0.717, 1.165) is 25.6 Å². The average molecular weight is 396 g/mol. The van der Waals surface area contributed by atoms with Crippen LogP contribution < -0.4 is 0 Å². The van der Waals surface area contributed by atoms with E-state index in [0.29, 0.717) is 6.42 Å². The molecule has 2 aromatic carbocycles. The van der Waals surface area contributed by atoms with Gasteiger partial charge in [0.05, 0.1) is 0 Å². The summed E-state index contributed by atoms with van der Waals surface area (Å²) in [6.07, 6.45) is 3.42. The third-order valence-corrected chi connectivity index (χ3v) is 3.99. The number of rotatable bonds is 4. The topological polar surface area (TPSA) is 37.3 Å². The van der Waals surface area contributed by atoms with Crippen LogP contribution in [0.2, 0.25) is 0 Å². The van der Waals surface area contributed by atoms with Crippen molar-refractivity contribution in [3.63, 3.8) is 0 Å². The van der Waals surface area contributed by atoms with Crippen LogP contribution >= 0.6 is 31.9 Å². The minimum atomic E-state index is -0.924. The highest BCUT2D eigenvalue weighted by Crippen LogP contribution is 2.33. The fourth-order valence-corrected chi connectivity index (χ4v) is 3.22. The highest BCUT2D eigenvalue weighted by molar-refractivity contribution is 9.11. The van der Waals surface area contributed by atoms with Crippen molar-refractivity contribution in [2.24, 2.45) is 0 Å². The van der Waals surface area contributed by atoms with Crippen molar-refractivity contribution in [2.75, 3.05) is 0 Å². The standard InChI is InChI=1S/C16H12Br2O2/c17-12-8-9-14(15(18)10-12)13-6-2-1-4-11(13)5-3-7-16(19)20/h1-4,6-10H,5H2,(H,19,20). The molecule has 0 bridgehead atoms. The molecule has 1 N–H and O–H groups in total. The zero-order valence-electron chi connectivity index (χ0n) is 10.5. The van der Waals surface area contributed by atoms with E-state index in [-0.39, 0.29) is 0 Å². The van der Waals surface area contributed by atoms with Gasteiger partial charge in [0.15, 0.2) is 0 Å². The molecule has 0 unspecified atom stereocenters. The Morgan fingerprint density at radius 2 is 1.85 bits per heavy atom. The van der Waals surface area contributed by atoms with Crippen LogP contribution in [0.5, 0.6) is 0 Å². The summed E-state index contributed by atoms with van der Waals surface area (Å²) in [5, 5.41) is 8.65. The number of hydrogen-bond donors (Lipinski definition) is 1. The molecule has 0 aliphatic rings. The highest BCUT2D eigenvalue weighted by atomic mass is 79.9. The smallest absolute Gasteiger partial charge is 0.327 e. The van der Waals surface area contributed by atoms with Crippen LogP contribution in [-0.4, -0.2) is 11.1 Å². The van der Waals surface area contributed by atoms with Crippen molar-refractivity contribution in [3.8, 4) is 11.1 Å². The third kappa shape index (κ3) is 3.81. The highest BCUT2D eigenvalue weighted by Gasteiger charge is 2.07. The quantitative estimate of drug-likeness (QED) is 0.734. The Bertz CT molecular complexity index is 663. The number of halogens is 2. The van der Waals surface area contributed by atoms with Crippen molar-refractivity contribution in [1.29, 1.82) is 0 Å². The maximum atomic E-state index is 10.5. The van der Waals surface area contributed by atoms with E-state index < -0.39 is 5.97 Å². The fourth-order valence-electron chi connectivity index (χ4n) is 1.96. The summed E-state index contributed by atoms with van der Waals surface area (Å²) in [5.74, 6) is -0.924. The zero-order valence-corrected chi connectivity index (χ0v) is 13.7. The average Bonchev–Trinajstić information content (AvgIpc) is 2.39. The van der Waals surface area contributed by atoms with E-state index in [1.807, 2.05) is 42.5 Å². The lowest BCUT2D eigenvalue weighted by Gasteiger charge is -2.10. The summed E-state index contributed by atoms with van der Waals surface area (Å²) in [6.45, 7) is 0. The van der Waals surface area contributed by atoms with Gasteiger partial charge < -0.3 is 5.11 Å². The summed E-state index contributed by atoms with van der Waals surface area (Å²) >= 11 is 7.01. The molecule has 20 heavy (non-hydrogen) atoms. The Balaban J connectivity index is 2.39. The molecule has 0 fully saturated rings. The molecule has 0 amide bonds. The minimum absolute atomic E-state index is 0.588. The molecular weight excluding hydrogens is 384 g/mol. The third-order valence-electron chi connectivity index (χ3n) is 2.84. The molecule has 0 aromatic heterocycles. The van der Waals surface area contributed by atoms with Gasteiger partial charge in [-0.05, 0) is 35.2 Å². The predicted octanol–water partition coefficient (Wildman–Crippen LogP) is 5.06. The van der Waals surface area contributed by atoms with Crippen molar-refractivity contribution in [1.82, 2.24) is 0 Å². The van der Waals surface area contributed by atoms with Crippen molar-refractivity contribution in [3.05, 3.63) is 69.1 Å². The largest absolute Gasteiger partial charge is 0.478 e. The second-order valence-electron chi connectivity index (χ2n) is 4.23. The number of benzene rings is 2. The number of carbonyl (C=O) groups is 1. The maximum absolute atomic E-state index is 10.5. The molecule has 0 radical (unpaired) electrons. The van der Waals surface area contributed by atoms with Crippen molar-refractivity contribution < 1.29 is 9.90 Å². The van der Waals surface area contributed by atoms with Gasteiger partial charge in [-0.15, -0.1) is 0 Å².